The summed E-state index contributed by atoms with van der Waals surface area (Å²) in [4.78, 5) is 181. The lowest BCUT2D eigenvalue weighted by molar-refractivity contribution is -0.143. The number of hydrogen-bond acceptors (Lipinski definition) is 17. The van der Waals surface area contributed by atoms with Gasteiger partial charge in [-0.3, -0.25) is 62.3 Å². The number of carbonyl (C=O) groups is 14. The lowest BCUT2D eigenvalue weighted by Gasteiger charge is -2.28. The van der Waals surface area contributed by atoms with Gasteiger partial charge in [-0.15, -0.1) is 0 Å². The molecule has 10 atom stereocenters. The molecular formula is C50H77N11O19S. The van der Waals surface area contributed by atoms with E-state index in [-0.39, 0.29) is 37.5 Å². The van der Waals surface area contributed by atoms with Crippen molar-refractivity contribution >= 4 is 95.6 Å². The second-order valence-electron chi connectivity index (χ2n) is 19.8. The fourth-order valence-corrected chi connectivity index (χ4v) is 7.74. The smallest absolute Gasteiger partial charge is 0.326 e. The van der Waals surface area contributed by atoms with Crippen LogP contribution in [0, 0.1) is 11.8 Å². The van der Waals surface area contributed by atoms with E-state index in [1.54, 1.807) is 58.0 Å². The first-order chi connectivity index (χ1) is 37.9. The van der Waals surface area contributed by atoms with E-state index in [2.05, 4.69) is 60.5 Å². The van der Waals surface area contributed by atoms with Crippen molar-refractivity contribution in [3.63, 3.8) is 0 Å². The maximum Gasteiger partial charge on any atom is 0.326 e. The molecule has 0 aromatic heterocycles. The molecule has 0 bridgehead atoms. The summed E-state index contributed by atoms with van der Waals surface area (Å²) < 4.78 is 0. The Morgan fingerprint density at radius 2 is 0.778 bits per heavy atom. The topological polar surface area (TPSA) is 500 Å². The summed E-state index contributed by atoms with van der Waals surface area (Å²) in [7, 11) is 0. The predicted octanol–water partition coefficient (Wildman–Crippen LogP) is -4.10. The van der Waals surface area contributed by atoms with Crippen molar-refractivity contribution in [2.24, 2.45) is 23.3 Å². The first-order valence-corrected chi connectivity index (χ1v) is 26.4. The Labute approximate surface area is 472 Å². The Bertz CT molecular complexity index is 2380. The standard InChI is InChI=1S/C50H77N11O19S/c1-24(2)19-33(47(76)61-36(23-81)49(78)53-26(5)41(70)54-30(12-16-38(64)65)46(75)60-35(50(79)80)20-25(3)4)58-45(74)32(14-18-40(68)69)56-43(72)31(13-17-39(66)67)57-48(77)34(21-27-9-7-6-8-10-27)59-44(73)29(11-15-37(52)63)55-42(71)28(51)22-62/h6-10,24-26,28-36,62,81H,11-23,51H2,1-5H3,(H2,52,63)(H,53,78)(H,54,70)(H,55,71)(H,56,72)(H,57,77)(H,58,74)(H,59,73)(H,60,75)(H,61,76)(H,64,65)(H,66,67)(H,68,69)(H,79,80)/t26-,28-,29-,30-,31-,32-,33-,34-,35-,36-/m0/s1. The molecule has 18 N–H and O–H groups in total. The molecule has 0 spiro atoms. The molecule has 10 amide bonds. The van der Waals surface area contributed by atoms with Gasteiger partial charge in [-0.1, -0.05) is 58.0 Å². The Kier molecular flexibility index (Phi) is 31.9. The Morgan fingerprint density at radius 1 is 0.444 bits per heavy atom. The molecule has 0 aliphatic heterocycles. The first kappa shape index (κ1) is 71.1. The van der Waals surface area contributed by atoms with Gasteiger partial charge < -0.3 is 84.9 Å². The van der Waals surface area contributed by atoms with Crippen molar-refractivity contribution < 1.29 is 92.7 Å². The van der Waals surface area contributed by atoms with Gasteiger partial charge in [-0.05, 0) is 62.8 Å². The van der Waals surface area contributed by atoms with E-state index in [1.807, 2.05) is 0 Å². The molecule has 1 aromatic carbocycles. The van der Waals surface area contributed by atoms with E-state index < -0.39 is 201 Å². The predicted molar refractivity (Wildman–Crippen MR) is 288 cm³/mol. The maximum atomic E-state index is 14.1. The van der Waals surface area contributed by atoms with Crippen LogP contribution < -0.4 is 59.3 Å². The summed E-state index contributed by atoms with van der Waals surface area (Å²) in [5.41, 5.74) is 11.3. The van der Waals surface area contributed by atoms with Crippen LogP contribution in [0.15, 0.2) is 30.3 Å². The minimum Gasteiger partial charge on any atom is -0.481 e. The molecule has 0 saturated heterocycles. The summed E-state index contributed by atoms with van der Waals surface area (Å²) in [6, 6.07) is -7.66. The lowest BCUT2D eigenvalue weighted by atomic mass is 10.0. The van der Waals surface area contributed by atoms with Crippen molar-refractivity contribution in [1.82, 2.24) is 47.9 Å². The lowest BCUT2D eigenvalue weighted by Crippen LogP contribution is -2.61. The Hall–Kier alpha value is -7.93. The molecule has 452 valence electrons. The minimum absolute atomic E-state index is 0.00885. The molecule has 1 rings (SSSR count). The quantitative estimate of drug-likeness (QED) is 0.0279. The van der Waals surface area contributed by atoms with Crippen LogP contribution in [0.3, 0.4) is 0 Å². The Balaban J connectivity index is 3.48. The zero-order valence-corrected chi connectivity index (χ0v) is 46.5. The Morgan fingerprint density at radius 3 is 1.17 bits per heavy atom. The third-order valence-corrected chi connectivity index (χ3v) is 12.2. The van der Waals surface area contributed by atoms with Crippen LogP contribution in [0.4, 0.5) is 0 Å². The average molecular weight is 1170 g/mol. The molecule has 0 unspecified atom stereocenters. The van der Waals surface area contributed by atoms with Crippen molar-refractivity contribution in [1.29, 1.82) is 0 Å². The SMILES string of the molecule is CC(C)C[C@H](NC(=O)[C@H](CCC(=O)O)NC(=O)[C@H](C)NC(=O)[C@H](CS)NC(=O)[C@H](CC(C)C)NC(=O)[C@H](CCC(=O)O)NC(=O)[C@H](CCC(=O)O)NC(=O)[C@H](Cc1ccccc1)NC(=O)[C@H](CCC(N)=O)NC(=O)[C@@H](N)CO)C(=O)O. The van der Waals surface area contributed by atoms with Gasteiger partial charge >= 0.3 is 23.9 Å². The van der Waals surface area contributed by atoms with E-state index in [1.165, 1.54) is 6.92 Å². The third-order valence-electron chi connectivity index (χ3n) is 11.8. The van der Waals surface area contributed by atoms with Crippen LogP contribution in [-0.4, -0.2) is 181 Å². The van der Waals surface area contributed by atoms with E-state index >= 15 is 0 Å². The van der Waals surface area contributed by atoms with E-state index in [4.69, 9.17) is 11.5 Å². The van der Waals surface area contributed by atoms with Gasteiger partial charge in [0.15, 0.2) is 0 Å². The van der Waals surface area contributed by atoms with E-state index in [0.717, 1.165) is 0 Å². The summed E-state index contributed by atoms with van der Waals surface area (Å²) in [5, 5.41) is 68.5. The number of hydrogen-bond donors (Lipinski definition) is 17. The molecule has 30 nitrogen and oxygen atoms in total. The van der Waals surface area contributed by atoms with Crippen molar-refractivity contribution in [2.45, 2.75) is 166 Å². The van der Waals surface area contributed by atoms with Gasteiger partial charge in [0.1, 0.15) is 60.4 Å². The average Bonchev–Trinajstić information content (AvgIpc) is 3.38. The maximum absolute atomic E-state index is 14.1. The molecule has 0 aliphatic carbocycles. The van der Waals surface area contributed by atoms with Crippen molar-refractivity contribution in [3.8, 4) is 0 Å². The van der Waals surface area contributed by atoms with Gasteiger partial charge in [-0.2, -0.15) is 12.6 Å². The summed E-state index contributed by atoms with van der Waals surface area (Å²) in [6.07, 6.45) is -5.08. The van der Waals surface area contributed by atoms with Crippen LogP contribution in [-0.2, 0) is 73.5 Å². The molecule has 0 heterocycles. The van der Waals surface area contributed by atoms with Gasteiger partial charge in [0.05, 0.1) is 6.61 Å². The fourth-order valence-electron chi connectivity index (χ4n) is 7.49. The third kappa shape index (κ3) is 28.2. The number of aliphatic hydroxyl groups excluding tert-OH is 1. The second kappa shape index (κ2) is 36.4. The summed E-state index contributed by atoms with van der Waals surface area (Å²) in [5.74, 6) is -16.9. The number of aliphatic carboxylic acids is 4. The molecule has 0 radical (unpaired) electrons. The number of amides is 10. The van der Waals surface area contributed by atoms with Crippen LogP contribution >= 0.6 is 12.6 Å². The van der Waals surface area contributed by atoms with Gasteiger partial charge in [0.2, 0.25) is 59.1 Å². The number of carboxylic acid groups (broad SMARTS) is 4. The van der Waals surface area contributed by atoms with Crippen molar-refractivity contribution in [3.05, 3.63) is 35.9 Å². The monoisotopic (exact) mass is 1170 g/mol. The van der Waals surface area contributed by atoms with Gasteiger partial charge in [0, 0.05) is 37.9 Å². The number of benzene rings is 1. The fraction of sp³-hybridized carbons (Fsp3) is 0.600. The molecule has 81 heavy (non-hydrogen) atoms. The first-order valence-electron chi connectivity index (χ1n) is 25.8. The number of rotatable bonds is 39. The molecule has 0 saturated carbocycles. The number of nitrogens with one attached hydrogen (secondary N) is 9. The molecular weight excluding hydrogens is 1090 g/mol. The number of thiol groups is 1. The van der Waals surface area contributed by atoms with Gasteiger partial charge in [0.25, 0.3) is 0 Å². The van der Waals surface area contributed by atoms with Crippen LogP contribution in [0.25, 0.3) is 0 Å². The normalized spacial score (nSPS) is 14.7. The number of primary amides is 1. The highest BCUT2D eigenvalue weighted by molar-refractivity contribution is 7.80. The second-order valence-corrected chi connectivity index (χ2v) is 20.1. The minimum atomic E-state index is -1.81. The zero-order chi connectivity index (χ0) is 61.7. The number of nitrogens with two attached hydrogens (primary N) is 2. The van der Waals surface area contributed by atoms with Crippen LogP contribution in [0.2, 0.25) is 0 Å². The molecule has 0 fully saturated rings. The highest BCUT2D eigenvalue weighted by Crippen LogP contribution is 2.12. The molecule has 0 aliphatic rings. The number of carboxylic acids is 4. The van der Waals surface area contributed by atoms with Crippen LogP contribution in [0.1, 0.15) is 104 Å². The van der Waals surface area contributed by atoms with Crippen LogP contribution in [0.5, 0.6) is 0 Å². The summed E-state index contributed by atoms with van der Waals surface area (Å²) in [6.45, 7) is 7.09. The largest absolute Gasteiger partial charge is 0.481 e. The van der Waals surface area contributed by atoms with Crippen molar-refractivity contribution in [2.75, 3.05) is 12.4 Å². The number of aliphatic hydroxyl groups is 1. The van der Waals surface area contributed by atoms with Gasteiger partial charge in [-0.25, -0.2) is 4.79 Å². The van der Waals surface area contributed by atoms with E-state index in [9.17, 15) is 92.7 Å². The highest BCUT2D eigenvalue weighted by atomic mass is 32.1. The van der Waals surface area contributed by atoms with E-state index in [0.29, 0.717) is 5.56 Å². The molecule has 31 heteroatoms. The number of carbonyl (C=O) groups excluding carboxylic acids is 10. The summed E-state index contributed by atoms with van der Waals surface area (Å²) >= 11 is 4.15. The highest BCUT2D eigenvalue weighted by Gasteiger charge is 2.36. The zero-order valence-electron chi connectivity index (χ0n) is 45.6. The molecule has 1 aromatic rings.